The molecule has 0 unspecified atom stereocenters. The van der Waals surface area contributed by atoms with Crippen LogP contribution in [0, 0.1) is 0 Å². The predicted octanol–water partition coefficient (Wildman–Crippen LogP) is 0.197. The van der Waals surface area contributed by atoms with Crippen LogP contribution in [0.15, 0.2) is 30.6 Å². The summed E-state index contributed by atoms with van der Waals surface area (Å²) in [6.45, 7) is 0.124. The van der Waals surface area contributed by atoms with Gasteiger partial charge in [-0.3, -0.25) is 0 Å². The average Bonchev–Trinajstić information content (AvgIpc) is 2.72. The lowest BCUT2D eigenvalue weighted by Gasteiger charge is -2.05. The van der Waals surface area contributed by atoms with Gasteiger partial charge in [-0.2, -0.15) is 0 Å². The van der Waals surface area contributed by atoms with E-state index >= 15 is 0 Å². The van der Waals surface area contributed by atoms with E-state index in [2.05, 4.69) is 15.5 Å². The standard InChI is InChI=1S/C9H10N4O/c14-6-5-8-3-1-2-4-9(8)13-7-10-11-12-13/h1-4,7,14H,5-6H2. The fourth-order valence-corrected chi connectivity index (χ4v) is 1.34. The monoisotopic (exact) mass is 190 g/mol. The molecule has 14 heavy (non-hydrogen) atoms. The summed E-state index contributed by atoms with van der Waals surface area (Å²) < 4.78 is 1.59. The molecule has 0 fully saturated rings. The third-order valence-corrected chi connectivity index (χ3v) is 1.97. The molecule has 0 saturated heterocycles. The zero-order valence-electron chi connectivity index (χ0n) is 7.54. The van der Waals surface area contributed by atoms with Gasteiger partial charge in [-0.25, -0.2) is 4.68 Å². The molecule has 2 rings (SSSR count). The number of nitrogens with zero attached hydrogens (tertiary/aromatic N) is 4. The lowest BCUT2D eigenvalue weighted by atomic mass is 10.1. The van der Waals surface area contributed by atoms with E-state index in [4.69, 9.17) is 5.11 Å². The van der Waals surface area contributed by atoms with Crippen molar-refractivity contribution in [2.24, 2.45) is 0 Å². The van der Waals surface area contributed by atoms with Crippen LogP contribution in [0.25, 0.3) is 5.69 Å². The van der Waals surface area contributed by atoms with Crippen molar-refractivity contribution in [2.75, 3.05) is 6.61 Å². The van der Waals surface area contributed by atoms with Crippen LogP contribution in [0.4, 0.5) is 0 Å². The second kappa shape index (κ2) is 3.97. The fraction of sp³-hybridized carbons (Fsp3) is 0.222. The summed E-state index contributed by atoms with van der Waals surface area (Å²) in [7, 11) is 0. The molecule has 0 atom stereocenters. The molecule has 1 N–H and O–H groups in total. The fourth-order valence-electron chi connectivity index (χ4n) is 1.34. The summed E-state index contributed by atoms with van der Waals surface area (Å²) in [4.78, 5) is 0. The zero-order valence-corrected chi connectivity index (χ0v) is 7.54. The molecule has 1 heterocycles. The molecule has 0 aliphatic carbocycles. The van der Waals surface area contributed by atoms with E-state index in [1.807, 2.05) is 24.3 Å². The Kier molecular flexibility index (Phi) is 2.51. The summed E-state index contributed by atoms with van der Waals surface area (Å²) in [5.41, 5.74) is 1.94. The van der Waals surface area contributed by atoms with Crippen LogP contribution in [0.2, 0.25) is 0 Å². The highest BCUT2D eigenvalue weighted by Gasteiger charge is 2.03. The molecule has 72 valence electrons. The number of aliphatic hydroxyl groups excluding tert-OH is 1. The van der Waals surface area contributed by atoms with E-state index in [9.17, 15) is 0 Å². The van der Waals surface area contributed by atoms with Crippen molar-refractivity contribution in [3.05, 3.63) is 36.2 Å². The van der Waals surface area contributed by atoms with Gasteiger partial charge in [0, 0.05) is 6.61 Å². The van der Waals surface area contributed by atoms with Gasteiger partial charge in [0.25, 0.3) is 0 Å². The highest BCUT2D eigenvalue weighted by Crippen LogP contribution is 2.12. The van der Waals surface area contributed by atoms with Gasteiger partial charge < -0.3 is 5.11 Å². The van der Waals surface area contributed by atoms with Gasteiger partial charge in [0.15, 0.2) is 0 Å². The summed E-state index contributed by atoms with van der Waals surface area (Å²) in [6, 6.07) is 7.71. The van der Waals surface area contributed by atoms with Crippen molar-refractivity contribution in [2.45, 2.75) is 6.42 Å². The normalized spacial score (nSPS) is 10.4. The SMILES string of the molecule is OCCc1ccccc1-n1cnnn1. The number of aliphatic hydroxyl groups is 1. The third kappa shape index (κ3) is 1.62. The summed E-state index contributed by atoms with van der Waals surface area (Å²) >= 11 is 0. The zero-order chi connectivity index (χ0) is 9.80. The van der Waals surface area contributed by atoms with E-state index in [-0.39, 0.29) is 6.61 Å². The smallest absolute Gasteiger partial charge is 0.143 e. The minimum atomic E-state index is 0.124. The Morgan fingerprint density at radius 1 is 1.29 bits per heavy atom. The van der Waals surface area contributed by atoms with Gasteiger partial charge in [-0.1, -0.05) is 18.2 Å². The van der Waals surface area contributed by atoms with Crippen LogP contribution < -0.4 is 0 Å². The van der Waals surface area contributed by atoms with Crippen molar-refractivity contribution >= 4 is 0 Å². The molecule has 0 aliphatic heterocycles. The molecule has 0 radical (unpaired) electrons. The first-order valence-corrected chi connectivity index (χ1v) is 4.34. The molecule has 5 nitrogen and oxygen atoms in total. The van der Waals surface area contributed by atoms with Crippen LogP contribution in [0.3, 0.4) is 0 Å². The van der Waals surface area contributed by atoms with E-state index < -0.39 is 0 Å². The van der Waals surface area contributed by atoms with Crippen molar-refractivity contribution < 1.29 is 5.11 Å². The van der Waals surface area contributed by atoms with Crippen molar-refractivity contribution in [3.63, 3.8) is 0 Å². The molecule has 0 spiro atoms. The van der Waals surface area contributed by atoms with Gasteiger partial charge in [0.1, 0.15) is 6.33 Å². The summed E-state index contributed by atoms with van der Waals surface area (Å²) in [6.07, 6.45) is 2.15. The Morgan fingerprint density at radius 2 is 2.14 bits per heavy atom. The van der Waals surface area contributed by atoms with Crippen molar-refractivity contribution in [1.29, 1.82) is 0 Å². The predicted molar refractivity (Wildman–Crippen MR) is 49.9 cm³/mol. The van der Waals surface area contributed by atoms with Gasteiger partial charge >= 0.3 is 0 Å². The Morgan fingerprint density at radius 3 is 2.86 bits per heavy atom. The maximum absolute atomic E-state index is 8.88. The topological polar surface area (TPSA) is 63.8 Å². The van der Waals surface area contributed by atoms with E-state index in [1.165, 1.54) is 6.33 Å². The first-order chi connectivity index (χ1) is 6.92. The largest absolute Gasteiger partial charge is 0.396 e. The average molecular weight is 190 g/mol. The van der Waals surface area contributed by atoms with E-state index in [0.29, 0.717) is 6.42 Å². The van der Waals surface area contributed by atoms with Crippen molar-refractivity contribution in [1.82, 2.24) is 20.2 Å². The maximum Gasteiger partial charge on any atom is 0.143 e. The highest BCUT2D eigenvalue weighted by molar-refractivity contribution is 5.39. The molecule has 0 saturated carbocycles. The molecule has 0 aliphatic rings. The van der Waals surface area contributed by atoms with Gasteiger partial charge in [0.2, 0.25) is 0 Å². The lowest BCUT2D eigenvalue weighted by Crippen LogP contribution is -2.02. The number of tetrazole rings is 1. The van der Waals surface area contributed by atoms with Crippen LogP contribution in [-0.2, 0) is 6.42 Å². The number of rotatable bonds is 3. The number of hydrogen-bond acceptors (Lipinski definition) is 4. The van der Waals surface area contributed by atoms with E-state index in [0.717, 1.165) is 11.3 Å². The second-order valence-electron chi connectivity index (χ2n) is 2.86. The molecule has 5 heteroatoms. The van der Waals surface area contributed by atoms with Crippen LogP contribution in [-0.4, -0.2) is 31.9 Å². The maximum atomic E-state index is 8.88. The Labute approximate surface area is 81.0 Å². The molecule has 1 aromatic carbocycles. The number of aromatic nitrogens is 4. The lowest BCUT2D eigenvalue weighted by molar-refractivity contribution is 0.299. The van der Waals surface area contributed by atoms with Gasteiger partial charge in [0.05, 0.1) is 5.69 Å². The number of benzene rings is 1. The highest BCUT2D eigenvalue weighted by atomic mass is 16.2. The molecule has 0 bridgehead atoms. The Hall–Kier alpha value is -1.75. The van der Waals surface area contributed by atoms with Crippen molar-refractivity contribution in [3.8, 4) is 5.69 Å². The molecule has 0 amide bonds. The van der Waals surface area contributed by atoms with Crippen LogP contribution in [0.5, 0.6) is 0 Å². The third-order valence-electron chi connectivity index (χ3n) is 1.97. The summed E-state index contributed by atoms with van der Waals surface area (Å²) in [5.74, 6) is 0. The Bertz CT molecular complexity index is 399. The first-order valence-electron chi connectivity index (χ1n) is 4.34. The summed E-state index contributed by atoms with van der Waals surface area (Å²) in [5, 5.41) is 19.8. The van der Waals surface area contributed by atoms with Crippen LogP contribution >= 0.6 is 0 Å². The number of hydrogen-bond donors (Lipinski definition) is 1. The number of para-hydroxylation sites is 1. The first kappa shape index (κ1) is 8.83. The molecule has 2 aromatic rings. The van der Waals surface area contributed by atoms with Crippen LogP contribution in [0.1, 0.15) is 5.56 Å². The minimum Gasteiger partial charge on any atom is -0.396 e. The Balaban J connectivity index is 2.42. The molecular formula is C9H10N4O. The quantitative estimate of drug-likeness (QED) is 0.750. The molecule has 1 aromatic heterocycles. The van der Waals surface area contributed by atoms with Gasteiger partial charge in [-0.05, 0) is 28.5 Å². The van der Waals surface area contributed by atoms with Gasteiger partial charge in [-0.15, -0.1) is 5.10 Å². The molecular weight excluding hydrogens is 180 g/mol. The second-order valence-corrected chi connectivity index (χ2v) is 2.86. The minimum absolute atomic E-state index is 0.124. The van der Waals surface area contributed by atoms with E-state index in [1.54, 1.807) is 4.68 Å².